The smallest absolute Gasteiger partial charge is 0.161 e. The summed E-state index contributed by atoms with van der Waals surface area (Å²) in [6.07, 6.45) is 1.02. The van der Waals surface area contributed by atoms with E-state index < -0.39 is 0 Å². The first-order chi connectivity index (χ1) is 12.3. The van der Waals surface area contributed by atoms with Crippen LogP contribution in [0.1, 0.15) is 31.4 Å². The van der Waals surface area contributed by atoms with E-state index >= 15 is 0 Å². The fourth-order valence-electron chi connectivity index (χ4n) is 2.46. The molecule has 4 nitrogen and oxygen atoms in total. The van der Waals surface area contributed by atoms with E-state index in [0.29, 0.717) is 13.2 Å². The second kappa shape index (κ2) is 13.5. The van der Waals surface area contributed by atoms with Crippen LogP contribution in [0.4, 0.5) is 0 Å². The fourth-order valence-corrected chi connectivity index (χ4v) is 2.46. The molecular weight excluding hydrogens is 350 g/mol. The van der Waals surface area contributed by atoms with E-state index in [2.05, 4.69) is 29.6 Å². The average molecular weight is 380 g/mol. The van der Waals surface area contributed by atoms with Crippen LogP contribution in [0.15, 0.2) is 48.5 Å². The number of benzene rings is 2. The molecule has 5 heteroatoms. The lowest BCUT2D eigenvalue weighted by Crippen LogP contribution is -2.16. The van der Waals surface area contributed by atoms with Gasteiger partial charge >= 0.3 is 0 Å². The zero-order valence-corrected chi connectivity index (χ0v) is 16.5. The second-order valence-electron chi connectivity index (χ2n) is 5.72. The molecule has 0 aliphatic rings. The van der Waals surface area contributed by atoms with Gasteiger partial charge < -0.3 is 19.5 Å². The van der Waals surface area contributed by atoms with E-state index in [1.165, 1.54) is 5.56 Å². The molecule has 0 aliphatic carbocycles. The molecule has 2 rings (SSSR count). The van der Waals surface area contributed by atoms with E-state index in [-0.39, 0.29) is 12.4 Å². The molecule has 26 heavy (non-hydrogen) atoms. The van der Waals surface area contributed by atoms with Crippen LogP contribution < -0.4 is 14.8 Å². The predicted octanol–water partition coefficient (Wildman–Crippen LogP) is 4.60. The van der Waals surface area contributed by atoms with E-state index in [0.717, 1.165) is 49.8 Å². The first kappa shape index (κ1) is 22.3. The summed E-state index contributed by atoms with van der Waals surface area (Å²) < 4.78 is 17.0. The molecule has 2 aromatic carbocycles. The molecule has 2 aromatic rings. The van der Waals surface area contributed by atoms with E-state index in [1.54, 1.807) is 0 Å². The highest BCUT2D eigenvalue weighted by atomic mass is 35.5. The summed E-state index contributed by atoms with van der Waals surface area (Å²) in [6.45, 7) is 8.50. The molecule has 0 atom stereocenters. The fraction of sp³-hybridized carbons (Fsp3) is 0.429. The molecule has 0 fully saturated rings. The van der Waals surface area contributed by atoms with Gasteiger partial charge in [0.2, 0.25) is 0 Å². The second-order valence-corrected chi connectivity index (χ2v) is 5.72. The number of ether oxygens (including phenoxy) is 3. The molecule has 0 spiro atoms. The van der Waals surface area contributed by atoms with Crippen molar-refractivity contribution in [1.29, 1.82) is 0 Å². The Balaban J connectivity index is 0.00000338. The van der Waals surface area contributed by atoms with Crippen molar-refractivity contribution in [3.8, 4) is 11.5 Å². The minimum atomic E-state index is 0. The van der Waals surface area contributed by atoms with Crippen LogP contribution in [0.25, 0.3) is 0 Å². The normalized spacial score (nSPS) is 10.2. The van der Waals surface area contributed by atoms with Gasteiger partial charge in [0.25, 0.3) is 0 Å². The van der Waals surface area contributed by atoms with Gasteiger partial charge in [0, 0.05) is 19.8 Å². The van der Waals surface area contributed by atoms with Crippen LogP contribution in [-0.4, -0.2) is 26.4 Å². The highest BCUT2D eigenvalue weighted by molar-refractivity contribution is 5.85. The Morgan fingerprint density at radius 3 is 2.38 bits per heavy atom. The van der Waals surface area contributed by atoms with Crippen molar-refractivity contribution < 1.29 is 14.2 Å². The molecule has 0 amide bonds. The lowest BCUT2D eigenvalue weighted by molar-refractivity contribution is 0.144. The number of halogens is 1. The summed E-state index contributed by atoms with van der Waals surface area (Å²) in [6, 6.07) is 16.3. The Morgan fingerprint density at radius 1 is 0.846 bits per heavy atom. The summed E-state index contributed by atoms with van der Waals surface area (Å²) in [5.74, 6) is 1.58. The molecule has 1 N–H and O–H groups in total. The summed E-state index contributed by atoms with van der Waals surface area (Å²) in [5, 5.41) is 3.43. The van der Waals surface area contributed by atoms with Crippen molar-refractivity contribution in [2.24, 2.45) is 0 Å². The van der Waals surface area contributed by atoms with Crippen molar-refractivity contribution in [3.63, 3.8) is 0 Å². The maximum Gasteiger partial charge on any atom is 0.161 e. The van der Waals surface area contributed by atoms with Gasteiger partial charge in [0.15, 0.2) is 11.5 Å². The Hall–Kier alpha value is -1.75. The highest BCUT2D eigenvalue weighted by Gasteiger charge is 2.07. The van der Waals surface area contributed by atoms with Crippen molar-refractivity contribution in [2.45, 2.75) is 33.4 Å². The lowest BCUT2D eigenvalue weighted by atomic mass is 10.2. The van der Waals surface area contributed by atoms with Crippen LogP contribution in [-0.2, 0) is 17.9 Å². The number of rotatable bonds is 12. The van der Waals surface area contributed by atoms with Gasteiger partial charge in [-0.1, -0.05) is 36.4 Å². The lowest BCUT2D eigenvalue weighted by Gasteiger charge is -2.14. The van der Waals surface area contributed by atoms with Crippen LogP contribution in [0.5, 0.6) is 11.5 Å². The van der Waals surface area contributed by atoms with Gasteiger partial charge in [0.1, 0.15) is 6.61 Å². The quantitative estimate of drug-likeness (QED) is 0.547. The first-order valence-electron chi connectivity index (χ1n) is 9.04. The monoisotopic (exact) mass is 379 g/mol. The third-order valence-corrected chi connectivity index (χ3v) is 3.72. The van der Waals surface area contributed by atoms with Crippen molar-refractivity contribution in [1.82, 2.24) is 5.32 Å². The van der Waals surface area contributed by atoms with Gasteiger partial charge in [-0.3, -0.25) is 0 Å². The molecule has 0 unspecified atom stereocenters. The van der Waals surface area contributed by atoms with Crippen LogP contribution in [0.2, 0.25) is 0 Å². The van der Waals surface area contributed by atoms with Crippen LogP contribution in [0.3, 0.4) is 0 Å². The van der Waals surface area contributed by atoms with Crippen molar-refractivity contribution in [2.75, 3.05) is 26.4 Å². The van der Waals surface area contributed by atoms with E-state index in [9.17, 15) is 0 Å². The zero-order valence-electron chi connectivity index (χ0n) is 15.7. The molecule has 0 aromatic heterocycles. The van der Waals surface area contributed by atoms with Gasteiger partial charge in [-0.2, -0.15) is 0 Å². The molecule has 0 heterocycles. The Labute approximate surface area is 163 Å². The molecule has 0 radical (unpaired) electrons. The maximum absolute atomic E-state index is 5.94. The summed E-state index contributed by atoms with van der Waals surface area (Å²) in [5.41, 5.74) is 2.33. The number of hydrogen-bond donors (Lipinski definition) is 1. The third-order valence-electron chi connectivity index (χ3n) is 3.72. The standard InChI is InChI=1S/C21H29NO3.ClH/c1-3-23-14-8-13-22-16-19-11-12-20(21(15-19)24-4-2)25-17-18-9-6-5-7-10-18;/h5-7,9-12,15,22H,3-4,8,13-14,16-17H2,1-2H3;1H. The van der Waals surface area contributed by atoms with Gasteiger partial charge in [-0.15, -0.1) is 12.4 Å². The van der Waals surface area contributed by atoms with Gasteiger partial charge in [-0.25, -0.2) is 0 Å². The van der Waals surface area contributed by atoms with Crippen molar-refractivity contribution >= 4 is 12.4 Å². The maximum atomic E-state index is 5.94. The summed E-state index contributed by atoms with van der Waals surface area (Å²) >= 11 is 0. The Morgan fingerprint density at radius 2 is 1.65 bits per heavy atom. The third kappa shape index (κ3) is 8.09. The van der Waals surface area contributed by atoms with Crippen molar-refractivity contribution in [3.05, 3.63) is 59.7 Å². The molecular formula is C21H30ClNO3. The molecule has 0 bridgehead atoms. The van der Waals surface area contributed by atoms with Gasteiger partial charge in [-0.05, 0) is 50.1 Å². The van der Waals surface area contributed by atoms with Gasteiger partial charge in [0.05, 0.1) is 6.61 Å². The SMILES string of the molecule is CCOCCCNCc1ccc(OCc2ccccc2)c(OCC)c1.Cl. The highest BCUT2D eigenvalue weighted by Crippen LogP contribution is 2.29. The Bertz CT molecular complexity index is 607. The number of hydrogen-bond acceptors (Lipinski definition) is 4. The van der Waals surface area contributed by atoms with Crippen LogP contribution >= 0.6 is 12.4 Å². The minimum absolute atomic E-state index is 0. The minimum Gasteiger partial charge on any atom is -0.490 e. The topological polar surface area (TPSA) is 39.7 Å². The summed E-state index contributed by atoms with van der Waals surface area (Å²) in [4.78, 5) is 0. The van der Waals surface area contributed by atoms with E-state index in [1.807, 2.05) is 38.1 Å². The number of nitrogens with one attached hydrogen (secondary N) is 1. The largest absolute Gasteiger partial charge is 0.490 e. The molecule has 0 aliphatic heterocycles. The first-order valence-corrected chi connectivity index (χ1v) is 9.04. The zero-order chi connectivity index (χ0) is 17.7. The van der Waals surface area contributed by atoms with E-state index in [4.69, 9.17) is 14.2 Å². The van der Waals surface area contributed by atoms with Crippen LogP contribution in [0, 0.1) is 0 Å². The predicted molar refractivity (Wildman–Crippen MR) is 108 cm³/mol. The average Bonchev–Trinajstić information content (AvgIpc) is 2.65. The molecule has 144 valence electrons. The Kier molecular flexibility index (Phi) is 11.5. The molecule has 0 saturated heterocycles. The summed E-state index contributed by atoms with van der Waals surface area (Å²) in [7, 11) is 0. The molecule has 0 saturated carbocycles.